The normalized spacial score (nSPS) is 11.0. The molecule has 26 heteroatoms. The second-order valence-corrected chi connectivity index (χ2v) is 12.7. The van der Waals surface area contributed by atoms with Crippen LogP contribution in [0.15, 0.2) is 36.6 Å². The van der Waals surface area contributed by atoms with Gasteiger partial charge in [-0.3, -0.25) is 0 Å². The van der Waals surface area contributed by atoms with Crippen LogP contribution in [0.2, 0.25) is 0 Å². The average Bonchev–Trinajstić information content (AvgIpc) is 2.99. The van der Waals surface area contributed by atoms with Crippen molar-refractivity contribution in [2.75, 3.05) is 103 Å². The van der Waals surface area contributed by atoms with Crippen LogP contribution >= 0.6 is 0 Å². The standard InChI is InChI=1S/C25H38N12O10S2.2Na/c1-17(39)16-47-11-6-27-21-33-23(29-8-14-49(43,44)45)37-25(35-21)31-19-4-2-3-18(15-19)30-24-34-20(26-5-10-46-12-9-38)32-22(36-24)28-7-13-48(40,41)42;;/h2-4,15,38-39H,1,5-14,16H2,(H,40,41,42)(H,43,44,45)(H3,26,28,30,32,34,36)(H3,27,29,31,33,35,37);;/q;2*+1/p-2. The van der Waals surface area contributed by atoms with E-state index < -0.39 is 31.7 Å². The van der Waals surface area contributed by atoms with E-state index in [-0.39, 0.29) is 160 Å². The summed E-state index contributed by atoms with van der Waals surface area (Å²) in [6.45, 7) is 3.69. The van der Waals surface area contributed by atoms with Gasteiger partial charge in [0.15, 0.2) is 0 Å². The largest absolute Gasteiger partial charge is 1.00 e. The zero-order valence-corrected chi connectivity index (χ0v) is 33.6. The fraction of sp³-hybridized carbons (Fsp3) is 0.440. The summed E-state index contributed by atoms with van der Waals surface area (Å²) in [7, 11) is -8.96. The predicted octanol–water partition coefficient (Wildman–Crippen LogP) is -6.61. The number of nitrogens with zero attached hydrogens (tertiary/aromatic N) is 6. The van der Waals surface area contributed by atoms with E-state index in [2.05, 4.69) is 68.4 Å². The Hall–Kier alpha value is -2.72. The number of rotatable bonds is 24. The van der Waals surface area contributed by atoms with Crippen molar-refractivity contribution in [2.24, 2.45) is 0 Å². The SMILES string of the molecule is C=C(O)COCCNc1nc(NCCS(=O)(=O)[O-])nc(Nc2cccc(Nc3nc(NCCOCCO)nc(NCCS(=O)(=O)[O-])n3)c2)n1.[Na+].[Na+]. The summed E-state index contributed by atoms with van der Waals surface area (Å²) < 4.78 is 76.6. The van der Waals surface area contributed by atoms with E-state index in [0.29, 0.717) is 11.4 Å². The molecule has 3 aromatic rings. The Morgan fingerprint density at radius 3 is 1.45 bits per heavy atom. The fourth-order valence-electron chi connectivity index (χ4n) is 3.52. The molecular formula is C25H36N12Na2O10S2. The maximum Gasteiger partial charge on any atom is 1.00 e. The molecule has 0 aliphatic heterocycles. The Balaban J connectivity index is 0.00000650. The smallest absolute Gasteiger partial charge is 0.748 e. The molecule has 0 aliphatic carbocycles. The van der Waals surface area contributed by atoms with Crippen LogP contribution in [0.3, 0.4) is 0 Å². The van der Waals surface area contributed by atoms with Crippen LogP contribution in [0.25, 0.3) is 0 Å². The van der Waals surface area contributed by atoms with E-state index in [9.17, 15) is 25.9 Å². The zero-order chi connectivity index (χ0) is 35.7. The van der Waals surface area contributed by atoms with E-state index in [0.717, 1.165) is 0 Å². The number of aliphatic hydroxyl groups excluding tert-OH is 2. The molecule has 0 radical (unpaired) electrons. The molecule has 2 heterocycles. The summed E-state index contributed by atoms with van der Waals surface area (Å²) in [5.74, 6) is -1.28. The Bertz CT molecular complexity index is 1750. The number of hydrogen-bond donors (Lipinski definition) is 8. The van der Waals surface area contributed by atoms with Crippen LogP contribution < -0.4 is 91.0 Å². The van der Waals surface area contributed by atoms with Crippen molar-refractivity contribution in [1.82, 2.24) is 29.9 Å². The van der Waals surface area contributed by atoms with Gasteiger partial charge in [0.2, 0.25) is 35.7 Å². The van der Waals surface area contributed by atoms with Crippen molar-refractivity contribution in [3.05, 3.63) is 36.6 Å². The molecular weight excluding hydrogens is 738 g/mol. The molecule has 0 unspecified atom stereocenters. The fourth-order valence-corrected chi connectivity index (χ4v) is 4.22. The summed E-state index contributed by atoms with van der Waals surface area (Å²) in [4.78, 5) is 25.4. The van der Waals surface area contributed by atoms with Crippen LogP contribution in [0.1, 0.15) is 0 Å². The second-order valence-electron chi connectivity index (χ2n) is 9.63. The number of ether oxygens (including phenoxy) is 2. The molecule has 270 valence electrons. The van der Waals surface area contributed by atoms with Crippen LogP contribution in [0, 0.1) is 0 Å². The van der Waals surface area contributed by atoms with Gasteiger partial charge < -0.3 is 60.7 Å². The number of aromatic nitrogens is 6. The first-order chi connectivity index (χ1) is 23.3. The summed E-state index contributed by atoms with van der Waals surface area (Å²) in [6.07, 6.45) is 0. The van der Waals surface area contributed by atoms with Gasteiger partial charge in [-0.25, -0.2) is 16.8 Å². The molecule has 1 aromatic carbocycles. The van der Waals surface area contributed by atoms with Crippen LogP contribution in [0.4, 0.5) is 47.1 Å². The molecule has 22 nitrogen and oxygen atoms in total. The molecule has 3 rings (SSSR count). The van der Waals surface area contributed by atoms with Crippen molar-refractivity contribution in [2.45, 2.75) is 0 Å². The minimum absolute atomic E-state index is 0. The molecule has 0 aliphatic rings. The first-order valence-electron chi connectivity index (χ1n) is 14.4. The summed E-state index contributed by atoms with van der Waals surface area (Å²) in [6, 6.07) is 6.73. The summed E-state index contributed by atoms with van der Waals surface area (Å²) >= 11 is 0. The molecule has 2 aromatic heterocycles. The molecule has 51 heavy (non-hydrogen) atoms. The van der Waals surface area contributed by atoms with E-state index in [1.54, 1.807) is 24.3 Å². The minimum Gasteiger partial charge on any atom is -0.748 e. The third kappa shape index (κ3) is 20.8. The first-order valence-corrected chi connectivity index (χ1v) is 17.6. The van der Waals surface area contributed by atoms with Crippen molar-refractivity contribution >= 4 is 67.3 Å². The van der Waals surface area contributed by atoms with Gasteiger partial charge in [0, 0.05) is 37.6 Å². The topological polar surface area (TPSA) is 323 Å². The molecule has 0 bridgehead atoms. The molecule has 0 spiro atoms. The maximum absolute atomic E-state index is 11.0. The molecule has 0 saturated carbocycles. The quantitative estimate of drug-likeness (QED) is 0.0181. The summed E-state index contributed by atoms with van der Waals surface area (Å²) in [5, 5.41) is 35.2. The van der Waals surface area contributed by atoms with E-state index in [1.807, 2.05) is 0 Å². The Morgan fingerprint density at radius 1 is 0.667 bits per heavy atom. The molecule has 0 saturated heterocycles. The predicted molar refractivity (Wildman–Crippen MR) is 176 cm³/mol. The average molecular weight is 775 g/mol. The third-order valence-electron chi connectivity index (χ3n) is 5.48. The van der Waals surface area contributed by atoms with Crippen LogP contribution in [-0.4, -0.2) is 137 Å². The maximum atomic E-state index is 11.0. The molecule has 8 N–H and O–H groups in total. The summed E-state index contributed by atoms with van der Waals surface area (Å²) in [5.41, 5.74) is 0.961. The number of aliphatic hydroxyl groups is 2. The number of nitrogens with one attached hydrogen (secondary N) is 6. The number of benzene rings is 1. The first kappa shape index (κ1) is 46.3. The zero-order valence-electron chi connectivity index (χ0n) is 28.0. The van der Waals surface area contributed by atoms with Crippen LogP contribution in [0.5, 0.6) is 0 Å². The molecule has 0 amide bonds. The van der Waals surface area contributed by atoms with Crippen LogP contribution in [-0.2, 0) is 29.7 Å². The van der Waals surface area contributed by atoms with Gasteiger partial charge in [-0.05, 0) is 18.2 Å². The van der Waals surface area contributed by atoms with Gasteiger partial charge in [-0.15, -0.1) is 0 Å². The van der Waals surface area contributed by atoms with Crippen molar-refractivity contribution in [3.8, 4) is 0 Å². The van der Waals surface area contributed by atoms with Crippen molar-refractivity contribution in [1.29, 1.82) is 0 Å². The second kappa shape index (κ2) is 23.8. The molecule has 0 fully saturated rings. The van der Waals surface area contributed by atoms with E-state index in [1.165, 1.54) is 0 Å². The van der Waals surface area contributed by atoms with Crippen molar-refractivity contribution in [3.63, 3.8) is 0 Å². The van der Waals surface area contributed by atoms with E-state index in [4.69, 9.17) is 19.7 Å². The Morgan fingerprint density at radius 2 is 1.06 bits per heavy atom. The van der Waals surface area contributed by atoms with E-state index >= 15 is 0 Å². The number of hydrogen-bond acceptors (Lipinski definition) is 22. The van der Waals surface area contributed by atoms with Gasteiger partial charge in [-0.2, -0.15) is 29.9 Å². The Kier molecular flexibility index (Phi) is 21.6. The van der Waals surface area contributed by atoms with Gasteiger partial charge in [-0.1, -0.05) is 12.6 Å². The van der Waals surface area contributed by atoms with Gasteiger partial charge >= 0.3 is 59.1 Å². The third-order valence-corrected chi connectivity index (χ3v) is 6.89. The van der Waals surface area contributed by atoms with Gasteiger partial charge in [0.1, 0.15) is 12.4 Å². The monoisotopic (exact) mass is 774 g/mol. The minimum atomic E-state index is -4.48. The van der Waals surface area contributed by atoms with Crippen molar-refractivity contribution < 1.29 is 105 Å². The van der Waals surface area contributed by atoms with Gasteiger partial charge in [0.05, 0.1) is 58.2 Å². The van der Waals surface area contributed by atoms with Gasteiger partial charge in [0.25, 0.3) is 0 Å². The number of anilines is 8. The Labute approximate surface area is 338 Å². The molecule has 0 atom stereocenters.